The van der Waals surface area contributed by atoms with Crippen molar-refractivity contribution in [2.24, 2.45) is 0 Å². The van der Waals surface area contributed by atoms with Gasteiger partial charge in [-0.3, -0.25) is 9.45 Å². The SMILES string of the molecule is CO[C@H]1O[C@H]([C@@H](CN(C(C)C)C(C)C)OS(=O)(=O)O)[C@@H]2OC(C)(C)O[C@H]12. The molecular formula is C16H31NO8S. The highest BCUT2D eigenvalue weighted by atomic mass is 32.3. The molecule has 2 heterocycles. The van der Waals surface area contributed by atoms with Crippen LogP contribution in [0.15, 0.2) is 0 Å². The number of hydrogen-bond acceptors (Lipinski definition) is 8. The van der Waals surface area contributed by atoms with E-state index in [4.69, 9.17) is 23.1 Å². The Balaban J connectivity index is 2.29. The third-order valence-electron chi connectivity index (χ3n) is 4.61. The highest BCUT2D eigenvalue weighted by molar-refractivity contribution is 7.80. The van der Waals surface area contributed by atoms with Crippen molar-refractivity contribution in [2.75, 3.05) is 13.7 Å². The molecule has 0 bridgehead atoms. The van der Waals surface area contributed by atoms with Gasteiger partial charge in [0.25, 0.3) is 0 Å². The quantitative estimate of drug-likeness (QED) is 0.605. The van der Waals surface area contributed by atoms with E-state index >= 15 is 0 Å². The third kappa shape index (κ3) is 5.14. The fourth-order valence-electron chi connectivity index (χ4n) is 3.65. The second kappa shape index (κ2) is 7.96. The predicted octanol–water partition coefficient (Wildman–Crippen LogP) is 1.18. The zero-order chi connectivity index (χ0) is 19.9. The molecule has 2 aliphatic rings. The molecule has 9 nitrogen and oxygen atoms in total. The van der Waals surface area contributed by atoms with Crippen LogP contribution in [0.2, 0.25) is 0 Å². The van der Waals surface area contributed by atoms with Crippen molar-refractivity contribution in [2.45, 2.75) is 90.1 Å². The summed E-state index contributed by atoms with van der Waals surface area (Å²) in [5, 5.41) is 0. The predicted molar refractivity (Wildman–Crippen MR) is 92.9 cm³/mol. The lowest BCUT2D eigenvalue weighted by Gasteiger charge is -2.36. The average molecular weight is 397 g/mol. The summed E-state index contributed by atoms with van der Waals surface area (Å²) in [5.41, 5.74) is 0. The maximum Gasteiger partial charge on any atom is 0.397 e. The maximum absolute atomic E-state index is 11.4. The molecule has 0 unspecified atom stereocenters. The largest absolute Gasteiger partial charge is 0.397 e. The van der Waals surface area contributed by atoms with Crippen molar-refractivity contribution in [3.8, 4) is 0 Å². The summed E-state index contributed by atoms with van der Waals surface area (Å²) < 4.78 is 60.1. The van der Waals surface area contributed by atoms with Crippen molar-refractivity contribution in [3.05, 3.63) is 0 Å². The Morgan fingerprint density at radius 2 is 1.65 bits per heavy atom. The first kappa shape index (κ1) is 22.0. The fourth-order valence-corrected chi connectivity index (χ4v) is 4.13. The molecule has 1 N–H and O–H groups in total. The summed E-state index contributed by atoms with van der Waals surface area (Å²) in [6.07, 6.45) is -3.58. The number of nitrogens with zero attached hydrogens (tertiary/aromatic N) is 1. The van der Waals surface area contributed by atoms with Crippen LogP contribution in [0.1, 0.15) is 41.5 Å². The van der Waals surface area contributed by atoms with E-state index in [1.165, 1.54) is 7.11 Å². The average Bonchev–Trinajstić information content (AvgIpc) is 2.94. The van der Waals surface area contributed by atoms with E-state index in [2.05, 4.69) is 4.90 Å². The highest BCUT2D eigenvalue weighted by Crippen LogP contribution is 2.40. The van der Waals surface area contributed by atoms with Crippen LogP contribution >= 0.6 is 0 Å². The van der Waals surface area contributed by atoms with Gasteiger partial charge in [0.05, 0.1) is 0 Å². The minimum Gasteiger partial charge on any atom is -0.353 e. The first-order valence-electron chi connectivity index (χ1n) is 8.80. The summed E-state index contributed by atoms with van der Waals surface area (Å²) in [7, 11) is -3.21. The van der Waals surface area contributed by atoms with E-state index in [0.717, 1.165) is 0 Å². The molecular weight excluding hydrogens is 366 g/mol. The number of hydrogen-bond donors (Lipinski definition) is 1. The zero-order valence-electron chi connectivity index (χ0n) is 16.4. The standard InChI is InChI=1S/C16H31NO8S/c1-9(2)17(10(3)4)8-11(25-26(18,19)20)12-13-14(15(21-7)22-12)24-16(5,6)23-13/h9-15H,8H2,1-7H3,(H,18,19,20)/t11-,12-,13+,14+,15+/m1/s1. The summed E-state index contributed by atoms with van der Waals surface area (Å²) in [4.78, 5) is 2.05. The van der Waals surface area contributed by atoms with Crippen molar-refractivity contribution >= 4 is 10.4 Å². The smallest absolute Gasteiger partial charge is 0.353 e. The molecule has 0 saturated carbocycles. The molecule has 2 aliphatic heterocycles. The van der Waals surface area contributed by atoms with Gasteiger partial charge in [0.15, 0.2) is 12.1 Å². The third-order valence-corrected chi connectivity index (χ3v) is 5.10. The summed E-state index contributed by atoms with van der Waals surface area (Å²) >= 11 is 0. The van der Waals surface area contributed by atoms with E-state index < -0.39 is 46.9 Å². The van der Waals surface area contributed by atoms with Crippen molar-refractivity contribution in [1.82, 2.24) is 4.90 Å². The minimum atomic E-state index is -4.68. The molecule has 0 aromatic heterocycles. The van der Waals surface area contributed by atoms with E-state index in [0.29, 0.717) is 0 Å². The van der Waals surface area contributed by atoms with Gasteiger partial charge in [0.2, 0.25) is 0 Å². The Kier molecular flexibility index (Phi) is 6.72. The van der Waals surface area contributed by atoms with Crippen LogP contribution in [-0.4, -0.2) is 80.1 Å². The lowest BCUT2D eigenvalue weighted by Crippen LogP contribution is -2.50. The van der Waals surface area contributed by atoms with Gasteiger partial charge < -0.3 is 18.9 Å². The first-order chi connectivity index (χ1) is 11.8. The van der Waals surface area contributed by atoms with Crippen LogP contribution < -0.4 is 0 Å². The van der Waals surface area contributed by atoms with E-state index in [9.17, 15) is 13.0 Å². The summed E-state index contributed by atoms with van der Waals surface area (Å²) in [6.45, 7) is 11.8. The van der Waals surface area contributed by atoms with Crippen LogP contribution in [0, 0.1) is 0 Å². The molecule has 0 amide bonds. The van der Waals surface area contributed by atoms with Gasteiger partial charge in [-0.25, -0.2) is 4.18 Å². The highest BCUT2D eigenvalue weighted by Gasteiger charge is 2.58. The van der Waals surface area contributed by atoms with Gasteiger partial charge in [-0.15, -0.1) is 0 Å². The molecule has 2 rings (SSSR count). The van der Waals surface area contributed by atoms with Gasteiger partial charge in [-0.1, -0.05) is 0 Å². The molecule has 0 aliphatic carbocycles. The number of ether oxygens (including phenoxy) is 4. The summed E-state index contributed by atoms with van der Waals surface area (Å²) in [6, 6.07) is 0.269. The van der Waals surface area contributed by atoms with Crippen molar-refractivity contribution in [3.63, 3.8) is 0 Å². The normalized spacial score (nSPS) is 32.6. The van der Waals surface area contributed by atoms with Crippen molar-refractivity contribution in [1.29, 1.82) is 0 Å². The van der Waals surface area contributed by atoms with E-state index in [1.807, 2.05) is 27.7 Å². The Hall–Kier alpha value is -0.330. The molecule has 26 heavy (non-hydrogen) atoms. The second-order valence-electron chi connectivity index (χ2n) is 7.72. The molecule has 0 aromatic rings. The van der Waals surface area contributed by atoms with Crippen LogP contribution in [0.3, 0.4) is 0 Å². The van der Waals surface area contributed by atoms with Crippen LogP contribution in [-0.2, 0) is 33.5 Å². The minimum absolute atomic E-state index is 0.134. The monoisotopic (exact) mass is 397 g/mol. The molecule has 2 saturated heterocycles. The lowest BCUT2D eigenvalue weighted by atomic mass is 10.0. The van der Waals surface area contributed by atoms with E-state index in [1.54, 1.807) is 13.8 Å². The molecule has 154 valence electrons. The molecule has 5 atom stereocenters. The molecule has 2 fully saturated rings. The zero-order valence-corrected chi connectivity index (χ0v) is 17.2. The maximum atomic E-state index is 11.4. The summed E-state index contributed by atoms with van der Waals surface area (Å²) in [5.74, 6) is -0.855. The molecule has 0 aromatic carbocycles. The van der Waals surface area contributed by atoms with Gasteiger partial charge in [-0.2, -0.15) is 8.42 Å². The molecule has 10 heteroatoms. The van der Waals surface area contributed by atoms with Gasteiger partial charge >= 0.3 is 10.4 Å². The number of methoxy groups -OCH3 is 1. The lowest BCUT2D eigenvalue weighted by molar-refractivity contribution is -0.236. The Labute approximate surface area is 155 Å². The van der Waals surface area contributed by atoms with Gasteiger partial charge in [-0.05, 0) is 41.5 Å². The Bertz CT molecular complexity index is 571. The molecule has 0 spiro atoms. The number of fused-ring (bicyclic) bond motifs is 1. The van der Waals surface area contributed by atoms with Gasteiger partial charge in [0.1, 0.15) is 24.4 Å². The Morgan fingerprint density at radius 3 is 2.12 bits per heavy atom. The van der Waals surface area contributed by atoms with E-state index in [-0.39, 0.29) is 18.6 Å². The second-order valence-corrected chi connectivity index (χ2v) is 8.76. The number of rotatable bonds is 8. The van der Waals surface area contributed by atoms with Crippen LogP contribution in [0.25, 0.3) is 0 Å². The molecule has 0 radical (unpaired) electrons. The Morgan fingerprint density at radius 1 is 1.12 bits per heavy atom. The van der Waals surface area contributed by atoms with Crippen molar-refractivity contribution < 1.29 is 36.1 Å². The van der Waals surface area contributed by atoms with Gasteiger partial charge in [0, 0.05) is 25.7 Å². The van der Waals surface area contributed by atoms with Crippen LogP contribution in [0.4, 0.5) is 0 Å². The first-order valence-corrected chi connectivity index (χ1v) is 10.2. The fraction of sp³-hybridized carbons (Fsp3) is 1.00. The topological polar surface area (TPSA) is 104 Å². The van der Waals surface area contributed by atoms with Crippen LogP contribution in [0.5, 0.6) is 0 Å².